The van der Waals surface area contributed by atoms with Crippen LogP contribution in [0.1, 0.15) is 37.9 Å². The maximum atomic E-state index is 11.9. The molecule has 138 valence electrons. The fraction of sp³-hybridized carbons (Fsp3) is 0.650. The molecule has 1 aromatic carbocycles. The summed E-state index contributed by atoms with van der Waals surface area (Å²) >= 11 is 0. The number of cyclic esters (lactones) is 1. The van der Waals surface area contributed by atoms with Gasteiger partial charge in [0, 0.05) is 19.5 Å². The van der Waals surface area contributed by atoms with Crippen molar-refractivity contribution in [1.29, 1.82) is 0 Å². The molecule has 2 heterocycles. The topological polar surface area (TPSA) is 53.0 Å². The predicted octanol–water partition coefficient (Wildman–Crippen LogP) is 2.07. The highest BCUT2D eigenvalue weighted by atomic mass is 16.6. The monoisotopic (exact) mass is 346 g/mol. The molecule has 3 unspecified atom stereocenters. The molecule has 3 atom stereocenters. The zero-order valence-corrected chi connectivity index (χ0v) is 15.3. The molecule has 5 nitrogen and oxygen atoms in total. The molecule has 0 saturated carbocycles. The van der Waals surface area contributed by atoms with E-state index in [0.717, 1.165) is 44.5 Å². The molecule has 0 aromatic heterocycles. The molecule has 1 N–H and O–H groups in total. The van der Waals surface area contributed by atoms with Crippen molar-refractivity contribution < 1.29 is 14.6 Å². The number of piperidine rings is 1. The minimum atomic E-state index is -0.421. The van der Waals surface area contributed by atoms with Gasteiger partial charge in [-0.15, -0.1) is 0 Å². The van der Waals surface area contributed by atoms with Gasteiger partial charge in [-0.25, -0.2) is 0 Å². The zero-order chi connectivity index (χ0) is 17.8. The number of rotatable bonds is 6. The standard InChI is InChI=1S/C20H30N2O3/c1-15-12-18(20(24)25-15)21(2)13-16-8-10-22(11-9-16)14-19(23)17-6-4-3-5-7-17/h3-7,15-16,18-19,23H,8-14H2,1-2H3. The number of hydrogen-bond donors (Lipinski definition) is 1. The minimum absolute atomic E-state index is 0.0428. The van der Waals surface area contributed by atoms with E-state index in [2.05, 4.69) is 9.80 Å². The van der Waals surface area contributed by atoms with E-state index in [-0.39, 0.29) is 18.1 Å². The first-order chi connectivity index (χ1) is 12.0. The first kappa shape index (κ1) is 18.4. The van der Waals surface area contributed by atoms with Gasteiger partial charge in [-0.3, -0.25) is 9.69 Å². The molecule has 3 rings (SSSR count). The average molecular weight is 346 g/mol. The van der Waals surface area contributed by atoms with E-state index in [1.54, 1.807) is 0 Å². The molecule has 0 spiro atoms. The Balaban J connectivity index is 1.42. The molecule has 2 fully saturated rings. The predicted molar refractivity (Wildman–Crippen MR) is 97.2 cm³/mol. The van der Waals surface area contributed by atoms with E-state index < -0.39 is 6.10 Å². The lowest BCUT2D eigenvalue weighted by atomic mass is 9.95. The second-order valence-corrected chi connectivity index (χ2v) is 7.61. The minimum Gasteiger partial charge on any atom is -0.461 e. The molecule has 25 heavy (non-hydrogen) atoms. The SMILES string of the molecule is CC1CC(N(C)CC2CCN(CC(O)c3ccccc3)CC2)C(=O)O1. The second-order valence-electron chi connectivity index (χ2n) is 7.61. The van der Waals surface area contributed by atoms with Crippen LogP contribution in [0.15, 0.2) is 30.3 Å². The van der Waals surface area contributed by atoms with Crippen molar-refractivity contribution in [3.63, 3.8) is 0 Å². The van der Waals surface area contributed by atoms with E-state index in [0.29, 0.717) is 12.5 Å². The quantitative estimate of drug-likeness (QED) is 0.799. The van der Waals surface area contributed by atoms with E-state index in [1.165, 1.54) is 0 Å². The molecule has 1 aromatic rings. The summed E-state index contributed by atoms with van der Waals surface area (Å²) in [6, 6.07) is 9.79. The van der Waals surface area contributed by atoms with E-state index in [1.807, 2.05) is 44.3 Å². The van der Waals surface area contributed by atoms with Gasteiger partial charge in [0.2, 0.25) is 0 Å². The summed E-state index contributed by atoms with van der Waals surface area (Å²) in [4.78, 5) is 16.4. The van der Waals surface area contributed by atoms with Crippen molar-refractivity contribution in [2.24, 2.45) is 5.92 Å². The summed E-state index contributed by atoms with van der Waals surface area (Å²) in [7, 11) is 2.04. The Bertz CT molecular complexity index is 557. The van der Waals surface area contributed by atoms with Crippen LogP contribution in [0, 0.1) is 5.92 Å². The Morgan fingerprint density at radius 3 is 2.56 bits per heavy atom. The van der Waals surface area contributed by atoms with Gasteiger partial charge in [-0.1, -0.05) is 30.3 Å². The number of esters is 1. The molecule has 2 aliphatic rings. The third-order valence-corrected chi connectivity index (χ3v) is 5.55. The lowest BCUT2D eigenvalue weighted by Crippen LogP contribution is -2.43. The Hall–Kier alpha value is -1.43. The number of β-amino-alcohol motifs (C(OH)–C–C–N with tert-alkyl or cyclic N) is 1. The van der Waals surface area contributed by atoms with Crippen molar-refractivity contribution in [3.05, 3.63) is 35.9 Å². The van der Waals surface area contributed by atoms with Crippen molar-refractivity contribution in [2.45, 2.75) is 44.4 Å². The van der Waals surface area contributed by atoms with Crippen molar-refractivity contribution in [1.82, 2.24) is 9.80 Å². The molecule has 0 amide bonds. The third kappa shape index (κ3) is 4.81. The van der Waals surface area contributed by atoms with Crippen molar-refractivity contribution in [2.75, 3.05) is 33.2 Å². The van der Waals surface area contributed by atoms with Crippen LogP contribution >= 0.6 is 0 Å². The number of aliphatic hydroxyl groups is 1. The van der Waals surface area contributed by atoms with E-state index in [9.17, 15) is 9.90 Å². The Morgan fingerprint density at radius 2 is 1.96 bits per heavy atom. The number of carbonyl (C=O) groups is 1. The normalized spacial score (nSPS) is 26.8. The fourth-order valence-electron chi connectivity index (χ4n) is 4.01. The van der Waals surface area contributed by atoms with Gasteiger partial charge in [0.25, 0.3) is 0 Å². The Kier molecular flexibility index (Phi) is 6.10. The first-order valence-corrected chi connectivity index (χ1v) is 9.39. The summed E-state index contributed by atoms with van der Waals surface area (Å²) in [6.07, 6.45) is 2.65. The summed E-state index contributed by atoms with van der Waals surface area (Å²) in [6.45, 7) is 5.62. The van der Waals surface area contributed by atoms with Gasteiger partial charge in [-0.05, 0) is 51.4 Å². The van der Waals surface area contributed by atoms with Crippen molar-refractivity contribution in [3.8, 4) is 0 Å². The highest BCUT2D eigenvalue weighted by Crippen LogP contribution is 2.24. The lowest BCUT2D eigenvalue weighted by molar-refractivity contribution is -0.144. The number of aliphatic hydroxyl groups excluding tert-OH is 1. The summed E-state index contributed by atoms with van der Waals surface area (Å²) in [5, 5.41) is 10.4. The highest BCUT2D eigenvalue weighted by molar-refractivity contribution is 5.77. The maximum Gasteiger partial charge on any atom is 0.323 e. The summed E-state index contributed by atoms with van der Waals surface area (Å²) < 4.78 is 5.27. The highest BCUT2D eigenvalue weighted by Gasteiger charge is 2.35. The average Bonchev–Trinajstić information content (AvgIpc) is 2.96. The van der Waals surface area contributed by atoms with E-state index in [4.69, 9.17) is 4.74 Å². The molecule has 5 heteroatoms. The fourth-order valence-corrected chi connectivity index (χ4v) is 4.01. The summed E-state index contributed by atoms with van der Waals surface area (Å²) in [5.41, 5.74) is 0.984. The number of ether oxygens (including phenoxy) is 1. The van der Waals surface area contributed by atoms with Gasteiger partial charge in [-0.2, -0.15) is 0 Å². The third-order valence-electron chi connectivity index (χ3n) is 5.55. The van der Waals surface area contributed by atoms with Crippen molar-refractivity contribution >= 4 is 5.97 Å². The molecule has 2 saturated heterocycles. The molecular weight excluding hydrogens is 316 g/mol. The lowest BCUT2D eigenvalue weighted by Gasteiger charge is -2.35. The Morgan fingerprint density at radius 1 is 1.28 bits per heavy atom. The van der Waals surface area contributed by atoms with Crippen LogP contribution in [0.25, 0.3) is 0 Å². The Labute approximate surface area is 150 Å². The van der Waals surface area contributed by atoms with Crippen LogP contribution in [-0.4, -0.2) is 66.2 Å². The van der Waals surface area contributed by atoms with Gasteiger partial charge < -0.3 is 14.7 Å². The number of benzene rings is 1. The van der Waals surface area contributed by atoms with E-state index >= 15 is 0 Å². The van der Waals surface area contributed by atoms with Crippen LogP contribution in [0.2, 0.25) is 0 Å². The molecule has 0 radical (unpaired) electrons. The number of likely N-dealkylation sites (tertiary alicyclic amines) is 1. The number of hydrogen-bond acceptors (Lipinski definition) is 5. The van der Waals surface area contributed by atoms with Gasteiger partial charge in [0.1, 0.15) is 12.1 Å². The maximum absolute atomic E-state index is 11.9. The second kappa shape index (κ2) is 8.30. The molecular formula is C20H30N2O3. The zero-order valence-electron chi connectivity index (χ0n) is 15.3. The van der Waals surface area contributed by atoms with Crippen LogP contribution in [0.5, 0.6) is 0 Å². The smallest absolute Gasteiger partial charge is 0.323 e. The number of nitrogens with zero attached hydrogens (tertiary/aromatic N) is 2. The van der Waals surface area contributed by atoms with Crippen LogP contribution in [-0.2, 0) is 9.53 Å². The van der Waals surface area contributed by atoms with Crippen LogP contribution in [0.4, 0.5) is 0 Å². The summed E-state index contributed by atoms with van der Waals surface area (Å²) in [5.74, 6) is 0.539. The first-order valence-electron chi connectivity index (χ1n) is 9.39. The van der Waals surface area contributed by atoms with Gasteiger partial charge >= 0.3 is 5.97 Å². The molecule has 0 aliphatic carbocycles. The molecule has 2 aliphatic heterocycles. The largest absolute Gasteiger partial charge is 0.461 e. The van der Waals surface area contributed by atoms with Crippen LogP contribution < -0.4 is 0 Å². The van der Waals surface area contributed by atoms with Gasteiger partial charge in [0.15, 0.2) is 0 Å². The number of carbonyl (C=O) groups excluding carboxylic acids is 1. The number of likely N-dealkylation sites (N-methyl/N-ethyl adjacent to an activating group) is 1. The molecule has 0 bridgehead atoms. The van der Waals surface area contributed by atoms with Gasteiger partial charge in [0.05, 0.1) is 6.10 Å². The van der Waals surface area contributed by atoms with Crippen LogP contribution in [0.3, 0.4) is 0 Å².